The monoisotopic (exact) mass is 439 g/mol. The lowest BCUT2D eigenvalue weighted by atomic mass is 9.82. The summed E-state index contributed by atoms with van der Waals surface area (Å²) in [7, 11) is 4.52. The lowest BCUT2D eigenvalue weighted by Crippen LogP contribution is -2.54. The molecule has 1 aliphatic rings. The van der Waals surface area contributed by atoms with Gasteiger partial charge in [-0.3, -0.25) is 0 Å². The maximum Gasteiger partial charge on any atom is 0.163 e. The van der Waals surface area contributed by atoms with Gasteiger partial charge in [-0.15, -0.1) is 0 Å². The van der Waals surface area contributed by atoms with Crippen LogP contribution < -0.4 is 4.59 Å². The van der Waals surface area contributed by atoms with Crippen LogP contribution in [0.1, 0.15) is 67.8 Å². The summed E-state index contributed by atoms with van der Waals surface area (Å²) >= 11 is 0. The molecule has 0 aliphatic carbocycles. The average molecular weight is 440 g/mol. The summed E-state index contributed by atoms with van der Waals surface area (Å²) < 4.78 is 7.25. The Balaban J connectivity index is 1.88. The normalized spacial score (nSPS) is 20.8. The molecule has 170 valence electrons. The SMILES string of the molecule is Cc1ccccc1[N+]1(C)C(c2c(C(C)C)cc3c(oc4ccccc43)c2C(C)C)C=CN1C. The van der Waals surface area contributed by atoms with E-state index in [1.807, 2.05) is 0 Å². The molecule has 3 heteroatoms. The average Bonchev–Trinajstić information content (AvgIpc) is 3.30. The van der Waals surface area contributed by atoms with Gasteiger partial charge in [-0.2, -0.15) is 4.59 Å². The molecule has 2 unspecified atom stereocenters. The van der Waals surface area contributed by atoms with E-state index in [4.69, 9.17) is 4.42 Å². The second-order valence-corrected chi connectivity index (χ2v) is 10.3. The smallest absolute Gasteiger partial charge is 0.163 e. The molecule has 1 aliphatic heterocycles. The van der Waals surface area contributed by atoms with Gasteiger partial charge in [-0.25, -0.2) is 5.01 Å². The summed E-state index contributed by atoms with van der Waals surface area (Å²) in [4.78, 5) is 0. The van der Waals surface area contributed by atoms with Crippen LogP contribution in [0, 0.1) is 6.92 Å². The number of rotatable bonds is 4. The molecular weight excluding hydrogens is 404 g/mol. The molecule has 0 spiro atoms. The van der Waals surface area contributed by atoms with E-state index in [0.717, 1.165) is 11.2 Å². The molecule has 0 amide bonds. The number of hydrogen-bond acceptors (Lipinski definition) is 2. The summed E-state index contributed by atoms with van der Waals surface area (Å²) in [5.41, 5.74) is 8.82. The van der Waals surface area contributed by atoms with Crippen molar-refractivity contribution in [3.63, 3.8) is 0 Å². The van der Waals surface area contributed by atoms with Crippen molar-refractivity contribution in [2.75, 3.05) is 14.1 Å². The van der Waals surface area contributed by atoms with Crippen LogP contribution in [0.25, 0.3) is 21.9 Å². The van der Waals surface area contributed by atoms with Gasteiger partial charge >= 0.3 is 0 Å². The molecule has 2 atom stereocenters. The number of para-hydroxylation sites is 2. The number of aryl methyl sites for hydroxylation is 1. The largest absolute Gasteiger partial charge is 0.456 e. The fourth-order valence-electron chi connectivity index (χ4n) is 5.75. The summed E-state index contributed by atoms with van der Waals surface area (Å²) in [6.07, 6.45) is 4.63. The highest BCUT2D eigenvalue weighted by atomic mass is 16.3. The third-order valence-corrected chi connectivity index (χ3v) is 7.56. The van der Waals surface area contributed by atoms with E-state index in [1.165, 1.54) is 38.7 Å². The lowest BCUT2D eigenvalue weighted by Gasteiger charge is -2.42. The Bertz CT molecular complexity index is 1380. The minimum atomic E-state index is 0.170. The molecule has 4 aromatic rings. The van der Waals surface area contributed by atoms with Crippen molar-refractivity contribution >= 4 is 27.6 Å². The molecule has 0 N–H and O–H groups in total. The van der Waals surface area contributed by atoms with Crippen molar-refractivity contribution in [3.8, 4) is 0 Å². The highest BCUT2D eigenvalue weighted by Gasteiger charge is 2.46. The third kappa shape index (κ3) is 3.13. The molecule has 3 nitrogen and oxygen atoms in total. The van der Waals surface area contributed by atoms with Crippen LogP contribution in [-0.2, 0) is 0 Å². The van der Waals surface area contributed by atoms with Gasteiger partial charge in [0.2, 0.25) is 0 Å². The minimum Gasteiger partial charge on any atom is -0.456 e. The van der Waals surface area contributed by atoms with Crippen molar-refractivity contribution in [1.29, 1.82) is 0 Å². The Morgan fingerprint density at radius 3 is 2.30 bits per heavy atom. The first-order valence-electron chi connectivity index (χ1n) is 12.1. The number of likely N-dealkylation sites (N-methyl/N-ethyl adjacent to an activating group) is 1. The maximum atomic E-state index is 6.56. The molecule has 0 saturated carbocycles. The Morgan fingerprint density at radius 1 is 0.909 bits per heavy atom. The molecule has 3 aromatic carbocycles. The summed E-state index contributed by atoms with van der Waals surface area (Å²) in [5, 5.41) is 4.78. The van der Waals surface area contributed by atoms with Crippen LogP contribution in [-0.4, -0.2) is 19.1 Å². The van der Waals surface area contributed by atoms with E-state index in [0.29, 0.717) is 16.4 Å². The Labute approximate surface area is 197 Å². The molecule has 0 bridgehead atoms. The second-order valence-electron chi connectivity index (χ2n) is 10.3. The van der Waals surface area contributed by atoms with Crippen LogP contribution in [0.4, 0.5) is 5.69 Å². The summed E-state index contributed by atoms with van der Waals surface area (Å²) in [5.74, 6) is 0.742. The fourth-order valence-corrected chi connectivity index (χ4v) is 5.75. The Hall–Kier alpha value is -3.04. The number of furan rings is 1. The van der Waals surface area contributed by atoms with Crippen molar-refractivity contribution in [1.82, 2.24) is 9.60 Å². The number of quaternary nitrogens is 1. The predicted octanol–water partition coefficient (Wildman–Crippen LogP) is 8.19. The molecule has 0 radical (unpaired) electrons. The number of benzene rings is 3. The zero-order chi connectivity index (χ0) is 23.5. The van der Waals surface area contributed by atoms with Gasteiger partial charge < -0.3 is 4.42 Å². The number of fused-ring (bicyclic) bond motifs is 3. The van der Waals surface area contributed by atoms with Gasteiger partial charge in [-0.1, -0.05) is 64.1 Å². The lowest BCUT2D eigenvalue weighted by molar-refractivity contribution is 0.0780. The van der Waals surface area contributed by atoms with E-state index in [2.05, 4.69) is 121 Å². The first-order chi connectivity index (χ1) is 15.7. The van der Waals surface area contributed by atoms with Crippen molar-refractivity contribution in [2.45, 2.75) is 52.5 Å². The number of hydrogen-bond donors (Lipinski definition) is 0. The van der Waals surface area contributed by atoms with Crippen LogP contribution in [0.15, 0.2) is 71.3 Å². The Kier molecular flexibility index (Phi) is 5.13. The molecule has 0 saturated heterocycles. The maximum absolute atomic E-state index is 6.56. The van der Waals surface area contributed by atoms with Crippen LogP contribution in [0.5, 0.6) is 0 Å². The first-order valence-corrected chi connectivity index (χ1v) is 12.1. The zero-order valence-corrected chi connectivity index (χ0v) is 20.9. The standard InChI is InChI=1S/C30H35N2O/c1-19(2)23-18-24-22-13-9-11-15-27(22)33-30(24)28(20(3)4)29(23)26-16-17-31(6)32(26,7)25-14-10-8-12-21(25)5/h8-20,26H,1-7H3/q+1. The quantitative estimate of drug-likeness (QED) is 0.298. The molecule has 5 rings (SSSR count). The van der Waals surface area contributed by atoms with E-state index in [-0.39, 0.29) is 6.04 Å². The predicted molar refractivity (Wildman–Crippen MR) is 140 cm³/mol. The minimum absolute atomic E-state index is 0.170. The van der Waals surface area contributed by atoms with E-state index in [1.54, 1.807) is 0 Å². The Morgan fingerprint density at radius 2 is 1.61 bits per heavy atom. The van der Waals surface area contributed by atoms with Crippen LogP contribution >= 0.6 is 0 Å². The van der Waals surface area contributed by atoms with Crippen LogP contribution in [0.3, 0.4) is 0 Å². The van der Waals surface area contributed by atoms with Gasteiger partial charge in [0.1, 0.15) is 11.2 Å². The second kappa shape index (κ2) is 7.78. The van der Waals surface area contributed by atoms with Gasteiger partial charge in [0.05, 0.1) is 20.3 Å². The van der Waals surface area contributed by atoms with Gasteiger partial charge in [-0.05, 0) is 36.5 Å². The molecule has 0 fully saturated rings. The first kappa shape index (κ1) is 21.8. The van der Waals surface area contributed by atoms with Crippen LogP contribution in [0.2, 0.25) is 0 Å². The molecule has 1 aromatic heterocycles. The highest BCUT2D eigenvalue weighted by Crippen LogP contribution is 2.49. The van der Waals surface area contributed by atoms with Crippen molar-refractivity contribution < 1.29 is 4.42 Å². The fraction of sp³-hybridized carbons (Fsp3) is 0.333. The van der Waals surface area contributed by atoms with Gasteiger partial charge in [0.25, 0.3) is 0 Å². The van der Waals surface area contributed by atoms with E-state index >= 15 is 0 Å². The third-order valence-electron chi connectivity index (χ3n) is 7.56. The van der Waals surface area contributed by atoms with Gasteiger partial charge in [0.15, 0.2) is 11.7 Å². The van der Waals surface area contributed by atoms with Gasteiger partial charge in [0, 0.05) is 39.6 Å². The zero-order valence-electron chi connectivity index (χ0n) is 20.9. The molecule has 2 heterocycles. The van der Waals surface area contributed by atoms with Crippen molar-refractivity contribution in [2.24, 2.45) is 0 Å². The topological polar surface area (TPSA) is 16.4 Å². The van der Waals surface area contributed by atoms with E-state index < -0.39 is 0 Å². The van der Waals surface area contributed by atoms with E-state index in [9.17, 15) is 0 Å². The molecule has 33 heavy (non-hydrogen) atoms. The van der Waals surface area contributed by atoms with Crippen molar-refractivity contribution in [3.05, 3.63) is 89.1 Å². The molecular formula is C30H35N2O+. The summed E-state index contributed by atoms with van der Waals surface area (Å²) in [6, 6.07) is 19.8. The highest BCUT2D eigenvalue weighted by molar-refractivity contribution is 6.06. The summed E-state index contributed by atoms with van der Waals surface area (Å²) in [6.45, 7) is 11.5. The number of nitrogens with zero attached hydrogens (tertiary/aromatic N) is 2.